The maximum absolute atomic E-state index is 6.37. The molecule has 0 atom stereocenters. The Kier molecular flexibility index (Phi) is 7.35. The lowest BCUT2D eigenvalue weighted by molar-refractivity contribution is 0.0846. The second-order valence-corrected chi connectivity index (χ2v) is 6.07. The van der Waals surface area contributed by atoms with Gasteiger partial charge in [-0.3, -0.25) is 0 Å². The van der Waals surface area contributed by atoms with E-state index >= 15 is 0 Å². The van der Waals surface area contributed by atoms with Crippen molar-refractivity contribution < 1.29 is 4.74 Å². The molecule has 20 heavy (non-hydrogen) atoms. The van der Waals surface area contributed by atoms with Gasteiger partial charge in [0, 0.05) is 26.2 Å². The van der Waals surface area contributed by atoms with E-state index in [2.05, 4.69) is 36.2 Å². The third-order valence-electron chi connectivity index (χ3n) is 3.02. The molecule has 114 valence electrons. The molecule has 0 bridgehead atoms. The molecule has 0 aliphatic heterocycles. The van der Waals surface area contributed by atoms with Crippen LogP contribution in [0, 0.1) is 0 Å². The van der Waals surface area contributed by atoms with E-state index in [0.29, 0.717) is 12.6 Å². The predicted molar refractivity (Wildman–Crippen MR) is 87.8 cm³/mol. The van der Waals surface area contributed by atoms with E-state index in [1.165, 1.54) is 5.56 Å². The quantitative estimate of drug-likeness (QED) is 0.792. The Balaban J connectivity index is 2.58. The van der Waals surface area contributed by atoms with Gasteiger partial charge in [-0.1, -0.05) is 31.5 Å². The van der Waals surface area contributed by atoms with Crippen LogP contribution in [-0.2, 0) is 11.3 Å². The van der Waals surface area contributed by atoms with Crippen LogP contribution in [0.1, 0.15) is 33.3 Å². The van der Waals surface area contributed by atoms with Crippen molar-refractivity contribution in [1.82, 2.24) is 5.32 Å². The number of nitrogens with one attached hydrogen (secondary N) is 1. The molecule has 0 saturated carbocycles. The molecule has 1 rings (SSSR count). The Morgan fingerprint density at radius 3 is 2.50 bits per heavy atom. The highest BCUT2D eigenvalue weighted by molar-refractivity contribution is 6.33. The summed E-state index contributed by atoms with van der Waals surface area (Å²) >= 11 is 6.37. The van der Waals surface area contributed by atoms with Crippen LogP contribution < -0.4 is 10.2 Å². The van der Waals surface area contributed by atoms with Gasteiger partial charge in [-0.25, -0.2) is 0 Å². The maximum Gasteiger partial charge on any atom is 0.0644 e. The second-order valence-electron chi connectivity index (χ2n) is 5.66. The number of hydrogen-bond donors (Lipinski definition) is 1. The Hall–Kier alpha value is -0.770. The zero-order valence-corrected chi connectivity index (χ0v) is 14.0. The number of ether oxygens (including phenoxy) is 1. The molecule has 0 aliphatic carbocycles. The van der Waals surface area contributed by atoms with Crippen molar-refractivity contribution in [1.29, 1.82) is 0 Å². The lowest BCUT2D eigenvalue weighted by Crippen LogP contribution is -2.24. The van der Waals surface area contributed by atoms with Crippen LogP contribution in [0.2, 0.25) is 5.02 Å². The minimum absolute atomic E-state index is 0.267. The van der Waals surface area contributed by atoms with Crippen LogP contribution in [0.3, 0.4) is 0 Å². The van der Waals surface area contributed by atoms with Gasteiger partial charge in [-0.15, -0.1) is 0 Å². The van der Waals surface area contributed by atoms with Crippen LogP contribution in [0.5, 0.6) is 0 Å². The highest BCUT2D eigenvalue weighted by Gasteiger charge is 2.07. The van der Waals surface area contributed by atoms with Gasteiger partial charge in [-0.2, -0.15) is 0 Å². The molecule has 0 amide bonds. The number of nitrogens with zero attached hydrogens (tertiary/aromatic N) is 1. The molecule has 0 fully saturated rings. The fourth-order valence-corrected chi connectivity index (χ4v) is 2.19. The molecule has 1 N–H and O–H groups in total. The molecule has 0 aliphatic rings. The number of hydrogen-bond acceptors (Lipinski definition) is 3. The van der Waals surface area contributed by atoms with E-state index in [1.54, 1.807) is 0 Å². The summed E-state index contributed by atoms with van der Waals surface area (Å²) in [6.45, 7) is 10.8. The normalized spacial score (nSPS) is 11.4. The summed E-state index contributed by atoms with van der Waals surface area (Å²) in [5.41, 5.74) is 2.26. The molecule has 0 aromatic heterocycles. The fraction of sp³-hybridized carbons (Fsp3) is 0.625. The highest BCUT2D eigenvalue weighted by Crippen LogP contribution is 2.26. The number of rotatable bonds is 8. The Morgan fingerprint density at radius 2 is 1.95 bits per heavy atom. The van der Waals surface area contributed by atoms with Crippen molar-refractivity contribution >= 4 is 17.3 Å². The monoisotopic (exact) mass is 298 g/mol. The summed E-state index contributed by atoms with van der Waals surface area (Å²) in [5, 5.41) is 4.18. The Bertz CT molecular complexity index is 407. The van der Waals surface area contributed by atoms with Crippen LogP contribution >= 0.6 is 11.6 Å². The first-order valence-electron chi connectivity index (χ1n) is 7.24. The summed E-state index contributed by atoms with van der Waals surface area (Å²) < 4.78 is 5.57. The Labute approximate surface area is 128 Å². The van der Waals surface area contributed by atoms with Crippen molar-refractivity contribution in [3.05, 3.63) is 28.8 Å². The first kappa shape index (κ1) is 17.3. The van der Waals surface area contributed by atoms with Crippen LogP contribution in [0.15, 0.2) is 18.2 Å². The van der Waals surface area contributed by atoms with E-state index < -0.39 is 0 Å². The van der Waals surface area contributed by atoms with Gasteiger partial charge in [-0.05, 0) is 31.5 Å². The lowest BCUT2D eigenvalue weighted by atomic mass is 10.2. The van der Waals surface area contributed by atoms with Crippen LogP contribution in [0.4, 0.5) is 5.69 Å². The number of halogens is 1. The van der Waals surface area contributed by atoms with E-state index in [9.17, 15) is 0 Å². The first-order valence-corrected chi connectivity index (χ1v) is 7.62. The fourth-order valence-electron chi connectivity index (χ4n) is 1.84. The standard InChI is InChI=1S/C16H27ClN2O/c1-12(2)18-11-14-6-7-16(15(17)10-14)19(5)8-9-20-13(3)4/h6-7,10,12-13,18H,8-9,11H2,1-5H3. The van der Waals surface area contributed by atoms with E-state index in [0.717, 1.165) is 23.8 Å². The molecule has 0 saturated heterocycles. The van der Waals surface area contributed by atoms with Gasteiger partial charge in [0.1, 0.15) is 0 Å². The third-order valence-corrected chi connectivity index (χ3v) is 3.32. The summed E-state index contributed by atoms with van der Waals surface area (Å²) in [4.78, 5) is 2.13. The molecule has 3 nitrogen and oxygen atoms in total. The molecular weight excluding hydrogens is 272 g/mol. The minimum Gasteiger partial charge on any atom is -0.377 e. The van der Waals surface area contributed by atoms with Crippen molar-refractivity contribution in [3.63, 3.8) is 0 Å². The Morgan fingerprint density at radius 1 is 1.25 bits per heavy atom. The van der Waals surface area contributed by atoms with Gasteiger partial charge in [0.25, 0.3) is 0 Å². The third kappa shape index (κ3) is 6.12. The zero-order chi connectivity index (χ0) is 15.1. The van der Waals surface area contributed by atoms with Crippen molar-refractivity contribution in [2.45, 2.75) is 46.4 Å². The summed E-state index contributed by atoms with van der Waals surface area (Å²) in [7, 11) is 2.04. The predicted octanol–water partition coefficient (Wildman–Crippen LogP) is 3.70. The maximum atomic E-state index is 6.37. The smallest absolute Gasteiger partial charge is 0.0644 e. The van der Waals surface area contributed by atoms with Crippen molar-refractivity contribution in [2.24, 2.45) is 0 Å². The van der Waals surface area contributed by atoms with E-state index in [4.69, 9.17) is 16.3 Å². The first-order chi connectivity index (χ1) is 9.40. The lowest BCUT2D eigenvalue weighted by Gasteiger charge is -2.22. The second kappa shape index (κ2) is 8.50. The molecule has 0 radical (unpaired) electrons. The molecule has 1 aromatic rings. The number of anilines is 1. The number of likely N-dealkylation sites (N-methyl/N-ethyl adjacent to an activating group) is 1. The average molecular weight is 299 g/mol. The summed E-state index contributed by atoms with van der Waals surface area (Å²) in [6, 6.07) is 6.71. The highest BCUT2D eigenvalue weighted by atomic mass is 35.5. The largest absolute Gasteiger partial charge is 0.377 e. The zero-order valence-electron chi connectivity index (χ0n) is 13.2. The topological polar surface area (TPSA) is 24.5 Å². The average Bonchev–Trinajstić information content (AvgIpc) is 2.35. The van der Waals surface area contributed by atoms with Crippen LogP contribution in [0.25, 0.3) is 0 Å². The van der Waals surface area contributed by atoms with Gasteiger partial charge in [0.15, 0.2) is 0 Å². The van der Waals surface area contributed by atoms with Gasteiger partial charge >= 0.3 is 0 Å². The minimum atomic E-state index is 0.267. The molecular formula is C16H27ClN2O. The van der Waals surface area contributed by atoms with E-state index in [-0.39, 0.29) is 6.10 Å². The number of benzene rings is 1. The molecule has 0 heterocycles. The molecule has 4 heteroatoms. The van der Waals surface area contributed by atoms with Gasteiger partial charge in [0.05, 0.1) is 23.4 Å². The van der Waals surface area contributed by atoms with E-state index in [1.807, 2.05) is 27.0 Å². The van der Waals surface area contributed by atoms with Gasteiger partial charge in [0.2, 0.25) is 0 Å². The molecule has 1 aromatic carbocycles. The summed E-state index contributed by atoms with van der Waals surface area (Å²) in [5.74, 6) is 0. The van der Waals surface area contributed by atoms with Crippen molar-refractivity contribution in [2.75, 3.05) is 25.1 Å². The van der Waals surface area contributed by atoms with Crippen molar-refractivity contribution in [3.8, 4) is 0 Å². The SMILES string of the molecule is CC(C)NCc1ccc(N(C)CCOC(C)C)c(Cl)c1. The van der Waals surface area contributed by atoms with Gasteiger partial charge < -0.3 is 15.0 Å². The van der Waals surface area contributed by atoms with Crippen LogP contribution in [-0.4, -0.2) is 32.3 Å². The summed E-state index contributed by atoms with van der Waals surface area (Å²) in [6.07, 6.45) is 0.267. The molecule has 0 unspecified atom stereocenters. The molecule has 0 spiro atoms.